The highest BCUT2D eigenvalue weighted by Crippen LogP contribution is 2.23. The van der Waals surface area contributed by atoms with Crippen molar-refractivity contribution >= 4 is 22.8 Å². The van der Waals surface area contributed by atoms with Crippen molar-refractivity contribution in [2.45, 2.75) is 32.2 Å². The Morgan fingerprint density at radius 2 is 2.23 bits per heavy atom. The maximum Gasteiger partial charge on any atom is 0.308 e. The van der Waals surface area contributed by atoms with Crippen LogP contribution in [0.5, 0.6) is 0 Å². The molecule has 2 atom stereocenters. The van der Waals surface area contributed by atoms with Gasteiger partial charge >= 0.3 is 5.97 Å². The van der Waals surface area contributed by atoms with Crippen LogP contribution < -0.4 is 0 Å². The van der Waals surface area contributed by atoms with Gasteiger partial charge in [0.1, 0.15) is 0 Å². The molecule has 1 fully saturated rings. The van der Waals surface area contributed by atoms with Crippen LogP contribution in [-0.2, 0) is 16.0 Å². The zero-order chi connectivity index (χ0) is 15.7. The Labute approximate surface area is 128 Å². The number of aromatic nitrogens is 2. The standard InChI is InChI=1S/C16H19N3O3/c1-10-2-4-13(16(21)22)9-19(10)15(20)7-11-3-5-12-8-17-18-14(12)6-11/h3,5-6,8,10,13H,2,4,7,9H2,1H3,(H,17,18)(H,21,22). The van der Waals surface area contributed by atoms with Gasteiger partial charge in [-0.05, 0) is 31.4 Å². The van der Waals surface area contributed by atoms with Gasteiger partial charge in [-0.3, -0.25) is 14.7 Å². The maximum absolute atomic E-state index is 12.5. The van der Waals surface area contributed by atoms with Gasteiger partial charge in [0.2, 0.25) is 5.91 Å². The van der Waals surface area contributed by atoms with Gasteiger partial charge in [0.15, 0.2) is 0 Å². The molecule has 2 unspecified atom stereocenters. The number of hydrogen-bond acceptors (Lipinski definition) is 3. The number of carbonyl (C=O) groups is 2. The zero-order valence-corrected chi connectivity index (χ0v) is 12.5. The molecule has 116 valence electrons. The highest BCUT2D eigenvalue weighted by atomic mass is 16.4. The Hall–Kier alpha value is -2.37. The van der Waals surface area contributed by atoms with Crippen molar-refractivity contribution in [1.82, 2.24) is 15.1 Å². The molecule has 6 heteroatoms. The third-order valence-electron chi connectivity index (χ3n) is 4.41. The minimum absolute atomic E-state index is 0.0164. The molecule has 22 heavy (non-hydrogen) atoms. The fourth-order valence-corrected chi connectivity index (χ4v) is 3.03. The predicted octanol–water partition coefficient (Wildman–Crippen LogP) is 1.82. The van der Waals surface area contributed by atoms with Crippen LogP contribution in [0.4, 0.5) is 0 Å². The van der Waals surface area contributed by atoms with E-state index in [0.29, 0.717) is 13.0 Å². The Bertz CT molecular complexity index is 709. The van der Waals surface area contributed by atoms with Gasteiger partial charge in [-0.15, -0.1) is 0 Å². The molecule has 3 rings (SSSR count). The third-order valence-corrected chi connectivity index (χ3v) is 4.41. The van der Waals surface area contributed by atoms with Gasteiger partial charge in [-0.2, -0.15) is 5.10 Å². The third kappa shape index (κ3) is 2.81. The van der Waals surface area contributed by atoms with Crippen molar-refractivity contribution in [2.24, 2.45) is 5.92 Å². The number of benzene rings is 1. The first kappa shape index (κ1) is 14.6. The number of aliphatic carboxylic acids is 1. The molecular formula is C16H19N3O3. The molecule has 2 aromatic rings. The molecule has 6 nitrogen and oxygen atoms in total. The van der Waals surface area contributed by atoms with Crippen LogP contribution in [0.15, 0.2) is 24.4 Å². The Balaban J connectivity index is 1.73. The lowest BCUT2D eigenvalue weighted by Crippen LogP contribution is -2.47. The van der Waals surface area contributed by atoms with Gasteiger partial charge < -0.3 is 10.0 Å². The number of carbonyl (C=O) groups excluding carboxylic acids is 1. The lowest BCUT2D eigenvalue weighted by atomic mass is 9.93. The number of carboxylic acids is 1. The van der Waals surface area contributed by atoms with Gasteiger partial charge in [0.25, 0.3) is 0 Å². The van der Waals surface area contributed by atoms with E-state index in [0.717, 1.165) is 22.9 Å². The minimum atomic E-state index is -0.816. The van der Waals surface area contributed by atoms with Gasteiger partial charge in [-0.25, -0.2) is 0 Å². The average Bonchev–Trinajstić information content (AvgIpc) is 2.94. The smallest absolute Gasteiger partial charge is 0.308 e. The van der Waals surface area contributed by atoms with Crippen LogP contribution in [0, 0.1) is 5.92 Å². The summed E-state index contributed by atoms with van der Waals surface area (Å²) in [6, 6.07) is 5.86. The summed E-state index contributed by atoms with van der Waals surface area (Å²) in [4.78, 5) is 25.4. The summed E-state index contributed by atoms with van der Waals surface area (Å²) >= 11 is 0. The fourth-order valence-electron chi connectivity index (χ4n) is 3.03. The van der Waals surface area contributed by atoms with E-state index < -0.39 is 11.9 Å². The van der Waals surface area contributed by atoms with Crippen molar-refractivity contribution in [3.63, 3.8) is 0 Å². The summed E-state index contributed by atoms with van der Waals surface area (Å²) < 4.78 is 0. The Kier molecular flexibility index (Phi) is 3.83. The SMILES string of the molecule is CC1CCC(C(=O)O)CN1C(=O)Cc1ccc2cn[nH]c2c1. The summed E-state index contributed by atoms with van der Waals surface area (Å²) in [5, 5.41) is 17.0. The molecule has 0 spiro atoms. The van der Waals surface area contributed by atoms with Crippen LogP contribution in [-0.4, -0.2) is 44.7 Å². The number of likely N-dealkylation sites (tertiary alicyclic amines) is 1. The quantitative estimate of drug-likeness (QED) is 0.905. The summed E-state index contributed by atoms with van der Waals surface area (Å²) in [7, 11) is 0. The molecule has 1 amide bonds. The first-order chi connectivity index (χ1) is 10.5. The number of carboxylic acid groups (broad SMARTS) is 1. The second-order valence-corrected chi connectivity index (χ2v) is 5.98. The summed E-state index contributed by atoms with van der Waals surface area (Å²) in [6.07, 6.45) is 3.40. The largest absolute Gasteiger partial charge is 0.481 e. The number of hydrogen-bond donors (Lipinski definition) is 2. The second kappa shape index (κ2) is 5.79. The number of fused-ring (bicyclic) bond motifs is 1. The summed E-state index contributed by atoms with van der Waals surface area (Å²) in [5.74, 6) is -1.28. The molecule has 0 bridgehead atoms. The molecule has 1 saturated heterocycles. The van der Waals surface area contributed by atoms with Crippen LogP contribution in [0.1, 0.15) is 25.3 Å². The van der Waals surface area contributed by atoms with Crippen LogP contribution in [0.2, 0.25) is 0 Å². The van der Waals surface area contributed by atoms with Crippen molar-refractivity contribution in [3.05, 3.63) is 30.0 Å². The summed E-state index contributed by atoms with van der Waals surface area (Å²) in [6.45, 7) is 2.29. The highest BCUT2D eigenvalue weighted by molar-refractivity contribution is 5.83. The maximum atomic E-state index is 12.5. The molecule has 1 aliphatic heterocycles. The lowest BCUT2D eigenvalue weighted by Gasteiger charge is -2.36. The monoisotopic (exact) mass is 301 g/mol. The second-order valence-electron chi connectivity index (χ2n) is 5.98. The molecule has 0 aliphatic carbocycles. The van der Waals surface area contributed by atoms with E-state index >= 15 is 0 Å². The lowest BCUT2D eigenvalue weighted by molar-refractivity contribution is -0.146. The first-order valence-electron chi connectivity index (χ1n) is 7.49. The topological polar surface area (TPSA) is 86.3 Å². The molecule has 1 aromatic carbocycles. The number of nitrogens with one attached hydrogen (secondary N) is 1. The van der Waals surface area contributed by atoms with E-state index in [1.807, 2.05) is 25.1 Å². The zero-order valence-electron chi connectivity index (χ0n) is 12.5. The van der Waals surface area contributed by atoms with E-state index in [1.165, 1.54) is 0 Å². The Morgan fingerprint density at radius 3 is 3.00 bits per heavy atom. The molecule has 1 aromatic heterocycles. The number of aromatic amines is 1. The molecule has 0 radical (unpaired) electrons. The van der Waals surface area contributed by atoms with Gasteiger partial charge in [0, 0.05) is 18.0 Å². The van der Waals surface area contributed by atoms with Crippen molar-refractivity contribution in [2.75, 3.05) is 6.54 Å². The predicted molar refractivity (Wildman–Crippen MR) is 81.3 cm³/mol. The molecule has 2 N–H and O–H groups in total. The highest BCUT2D eigenvalue weighted by Gasteiger charge is 2.32. The van der Waals surface area contributed by atoms with Crippen molar-refractivity contribution in [1.29, 1.82) is 0 Å². The normalized spacial score (nSPS) is 22.0. The minimum Gasteiger partial charge on any atom is -0.481 e. The van der Waals surface area contributed by atoms with Crippen LogP contribution in [0.25, 0.3) is 10.9 Å². The van der Waals surface area contributed by atoms with Crippen molar-refractivity contribution in [3.8, 4) is 0 Å². The van der Waals surface area contributed by atoms with Gasteiger partial charge in [0.05, 0.1) is 24.1 Å². The average molecular weight is 301 g/mol. The number of H-pyrrole nitrogens is 1. The Morgan fingerprint density at radius 1 is 1.41 bits per heavy atom. The van der Waals surface area contributed by atoms with E-state index in [2.05, 4.69) is 10.2 Å². The molecule has 0 saturated carbocycles. The number of nitrogens with zero attached hydrogens (tertiary/aromatic N) is 2. The first-order valence-corrected chi connectivity index (χ1v) is 7.49. The summed E-state index contributed by atoms with van der Waals surface area (Å²) in [5.41, 5.74) is 1.81. The van der Waals surface area contributed by atoms with E-state index in [-0.39, 0.29) is 18.4 Å². The van der Waals surface area contributed by atoms with Gasteiger partial charge in [-0.1, -0.05) is 12.1 Å². The van der Waals surface area contributed by atoms with Crippen LogP contribution >= 0.6 is 0 Å². The van der Waals surface area contributed by atoms with E-state index in [1.54, 1.807) is 11.1 Å². The number of piperidine rings is 1. The molecule has 1 aliphatic rings. The fraction of sp³-hybridized carbons (Fsp3) is 0.438. The molecule has 2 heterocycles. The number of amides is 1. The van der Waals surface area contributed by atoms with E-state index in [4.69, 9.17) is 5.11 Å². The van der Waals surface area contributed by atoms with Crippen molar-refractivity contribution < 1.29 is 14.7 Å². The molecular weight excluding hydrogens is 282 g/mol. The van der Waals surface area contributed by atoms with Crippen LogP contribution in [0.3, 0.4) is 0 Å². The number of rotatable bonds is 3. The van der Waals surface area contributed by atoms with E-state index in [9.17, 15) is 9.59 Å².